The first-order chi connectivity index (χ1) is 8.99. The third-order valence-corrected chi connectivity index (χ3v) is 3.52. The van der Waals surface area contributed by atoms with Crippen molar-refractivity contribution in [3.63, 3.8) is 0 Å². The largest absolute Gasteiger partial charge is 0.507 e. The number of hydrogen-bond acceptors (Lipinski definition) is 5. The van der Waals surface area contributed by atoms with Gasteiger partial charge in [-0.05, 0) is 15.9 Å². The van der Waals surface area contributed by atoms with Gasteiger partial charge in [0.15, 0.2) is 11.5 Å². The Morgan fingerprint density at radius 1 is 1.32 bits per heavy atom. The fourth-order valence-corrected chi connectivity index (χ4v) is 2.55. The molecule has 0 aliphatic heterocycles. The predicted octanol–water partition coefficient (Wildman–Crippen LogP) is 2.15. The van der Waals surface area contributed by atoms with E-state index in [9.17, 15) is 5.11 Å². The van der Waals surface area contributed by atoms with Crippen LogP contribution in [0.1, 0.15) is 0 Å². The minimum atomic E-state index is 0.0302. The van der Waals surface area contributed by atoms with Crippen molar-refractivity contribution in [2.75, 3.05) is 20.0 Å². The molecule has 3 N–H and O–H groups in total. The highest BCUT2D eigenvalue weighted by atomic mass is 79.9. The van der Waals surface area contributed by atoms with E-state index in [-0.39, 0.29) is 5.75 Å². The van der Waals surface area contributed by atoms with Gasteiger partial charge in [0.2, 0.25) is 0 Å². The molecular formula is C12H14BrN3O3. The van der Waals surface area contributed by atoms with Gasteiger partial charge in [0.1, 0.15) is 11.6 Å². The van der Waals surface area contributed by atoms with Crippen molar-refractivity contribution >= 4 is 21.7 Å². The smallest absolute Gasteiger partial charge is 0.175 e. The van der Waals surface area contributed by atoms with Crippen LogP contribution in [0.3, 0.4) is 0 Å². The first kappa shape index (κ1) is 13.5. The quantitative estimate of drug-likeness (QED) is 0.902. The number of phenols is 1. The molecule has 7 heteroatoms. The second kappa shape index (κ2) is 5.00. The lowest BCUT2D eigenvalue weighted by atomic mass is 10.1. The lowest BCUT2D eigenvalue weighted by Gasteiger charge is -2.13. The molecule has 0 atom stereocenters. The van der Waals surface area contributed by atoms with Gasteiger partial charge in [-0.15, -0.1) is 0 Å². The summed E-state index contributed by atoms with van der Waals surface area (Å²) in [4.78, 5) is 0. The number of hydrogen-bond donors (Lipinski definition) is 2. The van der Waals surface area contributed by atoms with Crippen LogP contribution in [0, 0.1) is 0 Å². The number of methoxy groups -OCH3 is 2. The Balaban J connectivity index is 2.70. The van der Waals surface area contributed by atoms with Gasteiger partial charge in [-0.1, -0.05) is 0 Å². The van der Waals surface area contributed by atoms with Crippen molar-refractivity contribution in [1.29, 1.82) is 0 Å². The molecule has 2 aromatic rings. The van der Waals surface area contributed by atoms with Crippen molar-refractivity contribution in [3.8, 4) is 28.5 Å². The molecule has 0 fully saturated rings. The fraction of sp³-hybridized carbons (Fsp3) is 0.250. The van der Waals surface area contributed by atoms with Crippen molar-refractivity contribution in [2.45, 2.75) is 0 Å². The monoisotopic (exact) mass is 327 g/mol. The van der Waals surface area contributed by atoms with Crippen molar-refractivity contribution < 1.29 is 14.6 Å². The Morgan fingerprint density at radius 2 is 2.00 bits per heavy atom. The zero-order chi connectivity index (χ0) is 14.2. The minimum absolute atomic E-state index is 0.0302. The molecule has 2 rings (SSSR count). The molecule has 0 saturated carbocycles. The number of rotatable bonds is 3. The van der Waals surface area contributed by atoms with Gasteiger partial charge in [0.05, 0.1) is 29.9 Å². The van der Waals surface area contributed by atoms with E-state index in [0.29, 0.717) is 33.0 Å². The van der Waals surface area contributed by atoms with Crippen LogP contribution in [0.2, 0.25) is 0 Å². The molecular weight excluding hydrogens is 314 g/mol. The van der Waals surface area contributed by atoms with Crippen molar-refractivity contribution in [1.82, 2.24) is 9.78 Å². The number of aryl methyl sites for hydroxylation is 1. The fourth-order valence-electron chi connectivity index (χ4n) is 1.79. The maximum Gasteiger partial charge on any atom is 0.175 e. The van der Waals surface area contributed by atoms with Gasteiger partial charge >= 0.3 is 0 Å². The van der Waals surface area contributed by atoms with Crippen LogP contribution < -0.4 is 15.2 Å². The van der Waals surface area contributed by atoms with E-state index < -0.39 is 0 Å². The Kier molecular flexibility index (Phi) is 3.57. The van der Waals surface area contributed by atoms with Gasteiger partial charge in [-0.3, -0.25) is 4.68 Å². The lowest BCUT2D eigenvalue weighted by Crippen LogP contribution is -1.97. The van der Waals surface area contributed by atoms with Crippen molar-refractivity contribution in [2.24, 2.45) is 7.05 Å². The molecule has 0 aliphatic rings. The highest BCUT2D eigenvalue weighted by molar-refractivity contribution is 9.10. The molecule has 1 aromatic heterocycles. The maximum atomic E-state index is 10.1. The molecule has 6 nitrogen and oxygen atoms in total. The Morgan fingerprint density at radius 3 is 2.47 bits per heavy atom. The molecule has 0 radical (unpaired) electrons. The number of ether oxygens (including phenoxy) is 2. The summed E-state index contributed by atoms with van der Waals surface area (Å²) in [6.07, 6.45) is 0. The number of nitrogens with two attached hydrogens (primary N) is 1. The summed E-state index contributed by atoms with van der Waals surface area (Å²) in [5.74, 6) is 1.44. The van der Waals surface area contributed by atoms with Gasteiger partial charge in [-0.25, -0.2) is 0 Å². The number of aromatic nitrogens is 2. The summed E-state index contributed by atoms with van der Waals surface area (Å²) in [6.45, 7) is 0. The van der Waals surface area contributed by atoms with Gasteiger partial charge in [-0.2, -0.15) is 5.10 Å². The molecule has 0 spiro atoms. The maximum absolute atomic E-state index is 10.1. The average Bonchev–Trinajstić information content (AvgIpc) is 2.68. The average molecular weight is 328 g/mol. The summed E-state index contributed by atoms with van der Waals surface area (Å²) < 4.78 is 12.5. The van der Waals surface area contributed by atoms with E-state index in [2.05, 4.69) is 21.0 Å². The van der Waals surface area contributed by atoms with E-state index in [4.69, 9.17) is 15.2 Å². The van der Waals surface area contributed by atoms with Crippen LogP contribution in [-0.2, 0) is 7.05 Å². The molecule has 0 bridgehead atoms. The standard InChI is InChI=1S/C12H14BrN3O3/c1-16-9(14)4-6(15-16)10-7(17)5-8(18-2)12(19-3)11(10)13/h4-5,17H,14H2,1-3H3. The molecule has 0 saturated heterocycles. The second-order valence-corrected chi connectivity index (χ2v) is 4.69. The molecule has 1 aromatic carbocycles. The number of nitrogens with zero attached hydrogens (tertiary/aromatic N) is 2. The van der Waals surface area contributed by atoms with Gasteiger partial charge in [0.25, 0.3) is 0 Å². The second-order valence-electron chi connectivity index (χ2n) is 3.90. The zero-order valence-electron chi connectivity index (χ0n) is 10.8. The van der Waals surface area contributed by atoms with E-state index in [1.54, 1.807) is 13.1 Å². The predicted molar refractivity (Wildman–Crippen MR) is 75.5 cm³/mol. The van der Waals surface area contributed by atoms with E-state index >= 15 is 0 Å². The molecule has 0 aliphatic carbocycles. The number of anilines is 1. The Bertz CT molecular complexity index is 606. The number of nitrogen functional groups attached to an aromatic ring is 1. The van der Waals surface area contributed by atoms with Crippen LogP contribution in [0.15, 0.2) is 16.6 Å². The molecule has 0 unspecified atom stereocenters. The summed E-state index contributed by atoms with van der Waals surface area (Å²) in [6, 6.07) is 3.15. The van der Waals surface area contributed by atoms with Gasteiger partial charge in [0, 0.05) is 19.2 Å². The van der Waals surface area contributed by atoms with E-state index in [0.717, 1.165) is 0 Å². The summed E-state index contributed by atoms with van der Waals surface area (Å²) in [7, 11) is 4.75. The summed E-state index contributed by atoms with van der Waals surface area (Å²) >= 11 is 3.40. The highest BCUT2D eigenvalue weighted by Crippen LogP contribution is 2.47. The van der Waals surface area contributed by atoms with Crippen LogP contribution in [0.5, 0.6) is 17.2 Å². The number of halogens is 1. The third-order valence-electron chi connectivity index (χ3n) is 2.76. The topological polar surface area (TPSA) is 82.5 Å². The number of phenolic OH excluding ortho intramolecular Hbond substituents is 1. The summed E-state index contributed by atoms with van der Waals surface area (Å²) in [5, 5.41) is 14.4. The third kappa shape index (κ3) is 2.21. The van der Waals surface area contributed by atoms with Crippen molar-refractivity contribution in [3.05, 3.63) is 16.6 Å². The van der Waals surface area contributed by atoms with Crippen LogP contribution >= 0.6 is 15.9 Å². The minimum Gasteiger partial charge on any atom is -0.507 e. The Hall–Kier alpha value is -1.89. The number of benzene rings is 1. The Labute approximate surface area is 118 Å². The van der Waals surface area contributed by atoms with Crippen LogP contribution in [-0.4, -0.2) is 29.1 Å². The molecule has 1 heterocycles. The SMILES string of the molecule is COc1cc(O)c(-c2cc(N)n(C)n2)c(Br)c1OC. The molecule has 19 heavy (non-hydrogen) atoms. The number of aromatic hydroxyl groups is 1. The van der Waals surface area contributed by atoms with Crippen LogP contribution in [0.25, 0.3) is 11.3 Å². The zero-order valence-corrected chi connectivity index (χ0v) is 12.4. The van der Waals surface area contributed by atoms with E-state index in [1.807, 2.05) is 0 Å². The first-order valence-corrected chi connectivity index (χ1v) is 6.22. The lowest BCUT2D eigenvalue weighted by molar-refractivity contribution is 0.350. The normalized spacial score (nSPS) is 10.5. The van der Waals surface area contributed by atoms with E-state index in [1.165, 1.54) is 25.0 Å². The first-order valence-electron chi connectivity index (χ1n) is 5.43. The van der Waals surface area contributed by atoms with Crippen LogP contribution in [0.4, 0.5) is 5.82 Å². The van der Waals surface area contributed by atoms with Gasteiger partial charge < -0.3 is 20.3 Å². The molecule has 102 valence electrons. The molecule has 0 amide bonds. The highest BCUT2D eigenvalue weighted by Gasteiger charge is 2.21. The summed E-state index contributed by atoms with van der Waals surface area (Å²) in [5.41, 5.74) is 6.80.